The summed E-state index contributed by atoms with van der Waals surface area (Å²) in [4.78, 5) is 11.9. The minimum atomic E-state index is -1.09. The Morgan fingerprint density at radius 3 is 2.59 bits per heavy atom. The van der Waals surface area contributed by atoms with E-state index < -0.39 is 11.4 Å². The molecule has 0 bridgehead atoms. The van der Waals surface area contributed by atoms with Gasteiger partial charge >= 0.3 is 0 Å². The van der Waals surface area contributed by atoms with Gasteiger partial charge in [0.1, 0.15) is 5.75 Å². The molecule has 1 saturated carbocycles. The Kier molecular flexibility index (Phi) is 3.24. The number of rotatable bonds is 3. The number of nitrogens with zero attached hydrogens (tertiary/aromatic N) is 1. The molecule has 2 rings (SSSR count). The lowest BCUT2D eigenvalue weighted by Crippen LogP contribution is -2.61. The molecule has 0 N–H and O–H groups in total. The molecule has 1 heterocycles. The normalized spacial score (nSPS) is 38.8. The maximum Gasteiger partial charge on any atom is 0.263 e. The number of amides is 1. The van der Waals surface area contributed by atoms with Crippen LogP contribution in [0.15, 0.2) is 0 Å². The van der Waals surface area contributed by atoms with Crippen LogP contribution in [0.4, 0.5) is 0 Å². The Morgan fingerprint density at radius 1 is 1.47 bits per heavy atom. The van der Waals surface area contributed by atoms with E-state index in [2.05, 4.69) is 20.8 Å². The van der Waals surface area contributed by atoms with E-state index in [0.717, 1.165) is 19.3 Å². The first kappa shape index (κ1) is 13.2. The summed E-state index contributed by atoms with van der Waals surface area (Å²) in [6, 6.07) is 0.228. The van der Waals surface area contributed by atoms with Crippen LogP contribution in [0.2, 0.25) is 0 Å². The third-order valence-corrected chi connectivity index (χ3v) is 6.48. The van der Waals surface area contributed by atoms with Gasteiger partial charge in [-0.2, -0.15) is 4.31 Å². The van der Waals surface area contributed by atoms with Crippen molar-refractivity contribution in [2.24, 2.45) is 10.8 Å². The van der Waals surface area contributed by atoms with Crippen molar-refractivity contribution in [3.05, 3.63) is 0 Å². The molecule has 0 radical (unpaired) electrons. The van der Waals surface area contributed by atoms with Gasteiger partial charge in [-0.25, -0.2) is 0 Å². The second kappa shape index (κ2) is 4.16. The summed E-state index contributed by atoms with van der Waals surface area (Å²) in [5, 5.41) is 0. The molecule has 0 spiro atoms. The molecule has 0 aromatic carbocycles. The Labute approximate surface area is 107 Å². The minimum absolute atomic E-state index is 0.0572. The van der Waals surface area contributed by atoms with Gasteiger partial charge in [0.25, 0.3) is 5.91 Å². The van der Waals surface area contributed by atoms with E-state index in [1.54, 1.807) is 4.31 Å². The molecule has 0 aromatic rings. The predicted octanol–water partition coefficient (Wildman–Crippen LogP) is 2.49. The zero-order valence-electron chi connectivity index (χ0n) is 11.3. The molecular weight excluding hydrogens is 234 g/mol. The van der Waals surface area contributed by atoms with Crippen molar-refractivity contribution >= 4 is 17.3 Å². The van der Waals surface area contributed by atoms with Crippen LogP contribution >= 0.6 is 0 Å². The molecule has 1 amide bonds. The fraction of sp³-hybridized carbons (Fsp3) is 0.923. The topological polar surface area (TPSA) is 43.4 Å². The smallest absolute Gasteiger partial charge is 0.263 e. The molecule has 2 aliphatic rings. The van der Waals surface area contributed by atoms with Crippen molar-refractivity contribution in [1.82, 2.24) is 4.31 Å². The number of hydrogen-bond donors (Lipinski definition) is 0. The second-order valence-electron chi connectivity index (χ2n) is 6.05. The molecule has 3 unspecified atom stereocenters. The van der Waals surface area contributed by atoms with Gasteiger partial charge in [0.05, 0.1) is 17.4 Å². The van der Waals surface area contributed by atoms with Gasteiger partial charge in [0.15, 0.2) is 0 Å². The SMILES string of the molecule is CCCC12C[S+]([O-])N(C(=O)CC)C1CC2(C)C. The van der Waals surface area contributed by atoms with Crippen LogP contribution in [-0.2, 0) is 16.2 Å². The van der Waals surface area contributed by atoms with E-state index in [9.17, 15) is 9.35 Å². The fourth-order valence-electron chi connectivity index (χ4n) is 3.70. The predicted molar refractivity (Wildman–Crippen MR) is 69.7 cm³/mol. The highest BCUT2D eigenvalue weighted by atomic mass is 32.2. The third-order valence-electron chi connectivity index (χ3n) is 4.82. The molecule has 98 valence electrons. The summed E-state index contributed by atoms with van der Waals surface area (Å²) in [6.07, 6.45) is 3.66. The van der Waals surface area contributed by atoms with Crippen LogP contribution in [0.3, 0.4) is 0 Å². The third kappa shape index (κ3) is 1.64. The molecule has 4 heteroatoms. The average Bonchev–Trinajstić information content (AvgIpc) is 2.49. The van der Waals surface area contributed by atoms with Gasteiger partial charge < -0.3 is 4.55 Å². The van der Waals surface area contributed by atoms with Gasteiger partial charge in [-0.05, 0) is 18.3 Å². The lowest BCUT2D eigenvalue weighted by atomic mass is 9.47. The highest BCUT2D eigenvalue weighted by Gasteiger charge is 2.71. The molecule has 1 aliphatic heterocycles. The van der Waals surface area contributed by atoms with Crippen LogP contribution in [-0.4, -0.2) is 26.6 Å². The first-order valence-electron chi connectivity index (χ1n) is 6.60. The molecule has 1 aliphatic carbocycles. The summed E-state index contributed by atoms with van der Waals surface area (Å²) in [5.41, 5.74) is 0.337. The first-order chi connectivity index (χ1) is 7.89. The van der Waals surface area contributed by atoms with Crippen molar-refractivity contribution in [2.75, 3.05) is 5.75 Å². The lowest BCUT2D eigenvalue weighted by Gasteiger charge is -2.56. The van der Waals surface area contributed by atoms with Gasteiger partial charge in [0.2, 0.25) is 0 Å². The van der Waals surface area contributed by atoms with Crippen LogP contribution < -0.4 is 0 Å². The molecule has 3 atom stereocenters. The first-order valence-corrected chi connectivity index (χ1v) is 7.88. The van der Waals surface area contributed by atoms with Crippen molar-refractivity contribution in [1.29, 1.82) is 0 Å². The number of fused-ring (bicyclic) bond motifs is 1. The van der Waals surface area contributed by atoms with E-state index in [1.807, 2.05) is 6.92 Å². The van der Waals surface area contributed by atoms with Gasteiger partial charge in [-0.1, -0.05) is 34.1 Å². The van der Waals surface area contributed by atoms with Crippen LogP contribution in [0.5, 0.6) is 0 Å². The van der Waals surface area contributed by atoms with Crippen molar-refractivity contribution < 1.29 is 9.35 Å². The molecule has 1 saturated heterocycles. The summed E-state index contributed by atoms with van der Waals surface area (Å²) >= 11 is -1.09. The maximum absolute atomic E-state index is 12.2. The zero-order valence-corrected chi connectivity index (χ0v) is 12.1. The monoisotopic (exact) mass is 257 g/mol. The molecular formula is C13H23NO2S. The Bertz CT molecular complexity index is 331. The van der Waals surface area contributed by atoms with E-state index in [1.165, 1.54) is 0 Å². The Balaban J connectivity index is 2.27. The summed E-state index contributed by atoms with van der Waals surface area (Å²) in [7, 11) is 0. The van der Waals surface area contributed by atoms with Gasteiger partial charge in [-0.15, -0.1) is 0 Å². The average molecular weight is 257 g/mol. The number of carbonyl (C=O) groups excluding carboxylic acids is 1. The highest BCUT2D eigenvalue weighted by Crippen LogP contribution is 2.65. The van der Waals surface area contributed by atoms with E-state index in [-0.39, 0.29) is 22.8 Å². The largest absolute Gasteiger partial charge is 0.593 e. The molecule has 17 heavy (non-hydrogen) atoms. The standard InChI is InChI=1S/C13H23NO2S/c1-5-7-13-9-17(16)14(11(15)6-2)10(13)8-12(13,3)4/h10H,5-9H2,1-4H3. The van der Waals surface area contributed by atoms with E-state index in [4.69, 9.17) is 0 Å². The van der Waals surface area contributed by atoms with Gasteiger partial charge in [-0.3, -0.25) is 4.79 Å². The van der Waals surface area contributed by atoms with Crippen molar-refractivity contribution in [3.8, 4) is 0 Å². The fourth-order valence-corrected chi connectivity index (χ4v) is 5.92. The lowest BCUT2D eigenvalue weighted by molar-refractivity contribution is -0.141. The molecule has 2 fully saturated rings. The van der Waals surface area contributed by atoms with E-state index >= 15 is 0 Å². The van der Waals surface area contributed by atoms with Crippen molar-refractivity contribution in [3.63, 3.8) is 0 Å². The number of hydrogen-bond acceptors (Lipinski definition) is 2. The minimum Gasteiger partial charge on any atom is -0.593 e. The Morgan fingerprint density at radius 2 is 2.12 bits per heavy atom. The summed E-state index contributed by atoms with van der Waals surface area (Å²) in [6.45, 7) is 8.54. The second-order valence-corrected chi connectivity index (χ2v) is 7.37. The number of carbonyl (C=O) groups is 1. The molecule has 3 nitrogen and oxygen atoms in total. The summed E-state index contributed by atoms with van der Waals surface area (Å²) in [5.74, 6) is 0.742. The zero-order chi connectivity index (χ0) is 12.8. The molecule has 0 aromatic heterocycles. The van der Waals surface area contributed by atoms with Crippen LogP contribution in [0.25, 0.3) is 0 Å². The van der Waals surface area contributed by atoms with Gasteiger partial charge in [0, 0.05) is 11.8 Å². The maximum atomic E-state index is 12.2. The summed E-state index contributed by atoms with van der Waals surface area (Å²) < 4.78 is 13.9. The van der Waals surface area contributed by atoms with Crippen LogP contribution in [0.1, 0.15) is 53.4 Å². The Hall–Kier alpha value is -0.220. The quantitative estimate of drug-likeness (QED) is 0.729. The van der Waals surface area contributed by atoms with E-state index in [0.29, 0.717) is 12.2 Å². The van der Waals surface area contributed by atoms with Crippen LogP contribution in [0, 0.1) is 10.8 Å². The van der Waals surface area contributed by atoms with Crippen molar-refractivity contribution in [2.45, 2.75) is 59.4 Å². The highest BCUT2D eigenvalue weighted by molar-refractivity contribution is 7.90.